The maximum absolute atomic E-state index is 15.2. The number of H-pyrrole nitrogens is 2. The number of carbonyl (C=O) groups excluding carboxylic acids is 12. The van der Waals surface area contributed by atoms with Gasteiger partial charge in [-0.3, -0.25) is 62.5 Å². The number of aromatic nitrogens is 3. The molecule has 0 saturated carbocycles. The summed E-state index contributed by atoms with van der Waals surface area (Å²) in [6, 6.07) is 2.36. The van der Waals surface area contributed by atoms with Gasteiger partial charge in [0.1, 0.15) is 66.8 Å². The average Bonchev–Trinajstić information content (AvgIpc) is 1.70. The Morgan fingerprint density at radius 3 is 1.99 bits per heavy atom. The van der Waals surface area contributed by atoms with Crippen molar-refractivity contribution in [3.8, 4) is 0 Å². The molecule has 10 atom stereocenters. The van der Waals surface area contributed by atoms with Crippen molar-refractivity contribution in [3.05, 3.63) is 90.1 Å². The van der Waals surface area contributed by atoms with E-state index in [1.54, 1.807) is 42.6 Å². The molecule has 2 aliphatic rings. The first-order valence-corrected chi connectivity index (χ1v) is 40.1. The third-order valence-electron chi connectivity index (χ3n) is 19.8. The van der Waals surface area contributed by atoms with Gasteiger partial charge in [-0.1, -0.05) is 152 Å². The number of aliphatic hydroxyl groups excluding tert-OH is 2. The predicted molar refractivity (Wildman–Crippen MR) is 423 cm³/mol. The normalized spacial score (nSPS) is 19.9. The van der Waals surface area contributed by atoms with Gasteiger partial charge in [0.2, 0.25) is 65.0 Å². The van der Waals surface area contributed by atoms with E-state index in [2.05, 4.69) is 80.0 Å². The lowest BCUT2D eigenvalue weighted by atomic mass is 10.0. The Bertz CT molecular complexity index is 3650. The van der Waals surface area contributed by atoms with Gasteiger partial charge >= 0.3 is 0 Å². The summed E-state index contributed by atoms with van der Waals surface area (Å²) in [6.07, 6.45) is 19.2. The number of ether oxygens (including phenoxy) is 2. The number of aliphatic imine (C=N–C) groups is 1. The van der Waals surface area contributed by atoms with Gasteiger partial charge < -0.3 is 105 Å². The van der Waals surface area contributed by atoms with Gasteiger partial charge in [-0.25, -0.2) is 4.98 Å². The molecule has 34 heteroatoms. The Morgan fingerprint density at radius 1 is 0.664 bits per heavy atom. The lowest BCUT2D eigenvalue weighted by Gasteiger charge is -2.31. The first kappa shape index (κ1) is 92.0. The van der Waals surface area contributed by atoms with Crippen molar-refractivity contribution in [2.75, 3.05) is 65.8 Å². The number of para-hydroxylation sites is 1. The zero-order valence-corrected chi connectivity index (χ0v) is 65.5. The second-order valence-corrected chi connectivity index (χ2v) is 29.1. The minimum absolute atomic E-state index is 0.00468. The molecule has 11 amide bonds. The van der Waals surface area contributed by atoms with Crippen LogP contribution in [0.5, 0.6) is 0 Å². The fourth-order valence-electron chi connectivity index (χ4n) is 13.6. The molecule has 34 nitrogen and oxygen atoms in total. The van der Waals surface area contributed by atoms with Gasteiger partial charge in [-0.2, -0.15) is 0 Å². The van der Waals surface area contributed by atoms with Crippen LogP contribution in [0, 0.1) is 0 Å². The van der Waals surface area contributed by atoms with Crippen LogP contribution in [-0.2, 0) is 86.3 Å². The van der Waals surface area contributed by atoms with Gasteiger partial charge in [0.25, 0.3) is 0 Å². The zero-order valence-electron chi connectivity index (χ0n) is 65.5. The van der Waals surface area contributed by atoms with Gasteiger partial charge in [0.15, 0.2) is 5.96 Å². The maximum atomic E-state index is 15.2. The minimum Gasteiger partial charge on any atom is -0.394 e. The highest BCUT2D eigenvalue weighted by Gasteiger charge is 2.44. The molecule has 2 aromatic carbocycles. The Hall–Kier alpha value is -9.90. The SMILES string of the molecule is CCCCCCCCCCCCCCCC(=O)NCCOCCOCC(=O)N[C@@H](Cc1cnc[nH]1)C(=O)N[C@@H](CO)C(=O)N[C@@H](CCCC)C(=O)N[C@H]1CC(=O)CNCCCC[C@@H](C(N)=O)NC(=O)[C@H](Cc2c[nH]c3ccccc23)NC(=O)[C@H](CCCN=C(N)N)NC(=O)[C@@H](Cc2ccccc2)NC(=O)[C@@H]2C[C@@H](O)CN2C1=O. The summed E-state index contributed by atoms with van der Waals surface area (Å²) in [5, 5.41) is 49.8. The van der Waals surface area contributed by atoms with Crippen molar-refractivity contribution in [1.82, 2.24) is 73.0 Å². The number of hydrogen-bond donors (Lipinski definition) is 17. The van der Waals surface area contributed by atoms with Crippen LogP contribution in [0.25, 0.3) is 10.9 Å². The van der Waals surface area contributed by atoms with E-state index in [-0.39, 0.29) is 109 Å². The molecule has 0 spiro atoms. The number of amides is 11. The highest BCUT2D eigenvalue weighted by atomic mass is 16.5. The highest BCUT2D eigenvalue weighted by molar-refractivity contribution is 6.00. The lowest BCUT2D eigenvalue weighted by molar-refractivity contribution is -0.143. The van der Waals surface area contributed by atoms with Crippen molar-refractivity contribution in [2.45, 2.75) is 248 Å². The van der Waals surface area contributed by atoms with Crippen LogP contribution < -0.4 is 70.4 Å². The maximum Gasteiger partial charge on any atom is 0.246 e. The second kappa shape index (κ2) is 51.7. The highest BCUT2D eigenvalue weighted by Crippen LogP contribution is 2.24. The fraction of sp³-hybridized carbons (Fsp3) is 0.620. The smallest absolute Gasteiger partial charge is 0.246 e. The average molecular weight is 1580 g/mol. The summed E-state index contributed by atoms with van der Waals surface area (Å²) in [4.78, 5) is 185. The van der Waals surface area contributed by atoms with Crippen LogP contribution in [0.2, 0.25) is 0 Å². The number of fused-ring (bicyclic) bond motifs is 2. The molecule has 624 valence electrons. The summed E-state index contributed by atoms with van der Waals surface area (Å²) in [6.45, 7) is 2.47. The summed E-state index contributed by atoms with van der Waals surface area (Å²) in [5.41, 5.74) is 19.5. The summed E-state index contributed by atoms with van der Waals surface area (Å²) >= 11 is 0. The molecule has 4 heterocycles. The van der Waals surface area contributed by atoms with Crippen molar-refractivity contribution in [3.63, 3.8) is 0 Å². The monoisotopic (exact) mass is 1580 g/mol. The van der Waals surface area contributed by atoms with E-state index in [9.17, 15) is 63.0 Å². The van der Waals surface area contributed by atoms with E-state index >= 15 is 4.79 Å². The number of primary amides is 1. The molecule has 6 rings (SSSR count). The van der Waals surface area contributed by atoms with Gasteiger partial charge in [0, 0.05) is 87.1 Å². The molecule has 2 aromatic heterocycles. The van der Waals surface area contributed by atoms with E-state index in [0.717, 1.165) is 35.1 Å². The first-order valence-electron chi connectivity index (χ1n) is 40.1. The van der Waals surface area contributed by atoms with Gasteiger partial charge in [-0.15, -0.1) is 0 Å². The third kappa shape index (κ3) is 34.1. The van der Waals surface area contributed by atoms with Gasteiger partial charge in [-0.05, 0) is 68.7 Å². The molecule has 113 heavy (non-hydrogen) atoms. The van der Waals surface area contributed by atoms with Crippen molar-refractivity contribution in [1.29, 1.82) is 0 Å². The fourth-order valence-corrected chi connectivity index (χ4v) is 13.6. The Labute approximate surface area is 660 Å². The predicted octanol–water partition coefficient (Wildman–Crippen LogP) is 0.844. The van der Waals surface area contributed by atoms with Crippen LogP contribution in [0.1, 0.15) is 185 Å². The van der Waals surface area contributed by atoms with Crippen LogP contribution in [0.3, 0.4) is 0 Å². The number of carbonyl (C=O) groups is 12. The molecular formula is C79H122N18O16. The molecule has 2 fully saturated rings. The van der Waals surface area contributed by atoms with E-state index in [4.69, 9.17) is 26.7 Å². The number of unbranched alkanes of at least 4 members (excludes halogenated alkanes) is 13. The molecule has 0 unspecified atom stereocenters. The van der Waals surface area contributed by atoms with Gasteiger partial charge in [0.05, 0.1) is 45.4 Å². The quantitative estimate of drug-likeness (QED) is 0.0166. The number of imidazole rings is 1. The Morgan fingerprint density at radius 2 is 1.30 bits per heavy atom. The van der Waals surface area contributed by atoms with Crippen LogP contribution >= 0.6 is 0 Å². The van der Waals surface area contributed by atoms with Crippen LogP contribution in [-0.4, -0.2) is 233 Å². The number of Topliss-reactive ketones (excluding diaryl/α,β-unsaturated/α-hetero) is 1. The molecule has 20 N–H and O–H groups in total. The number of nitrogens with two attached hydrogens (primary N) is 3. The minimum atomic E-state index is -1.77. The molecular weight excluding hydrogens is 1460 g/mol. The molecule has 4 aromatic rings. The standard InChI is InChI=1S/C79H122N18O16/c1-3-5-7-8-9-10-11-12-13-14-15-16-20-33-68(101)85-36-37-112-38-39-113-50-69(102)89-64(42-54-46-84-51-88-54)75(108)96-66(49-98)76(109)92-60(29-6-4-2)72(105)95-65-43-55(99)47-83-34-24-23-31-59(70(80)103)90-74(107)63(41-53-45-87-58-30-22-21-28-57(53)58)93-71(104)61(32-25-35-86-79(81)82)91-73(106)62(40-52-26-18-17-19-27-52)94-77(110)67-44-56(100)48-97(67)78(65)111/h17-19,21-22,26-28,30,45-46,51,56,59-67,83,87,98,100H,3-16,20,23-25,29,31-44,47-50H2,1-2H3,(H2,80,103)(H,84,88)(H,85,101)(H,89,102)(H,90,107)(H,91,106)(H,92,109)(H,93,104)(H,94,110)(H,95,105)(H,96,108)(H4,81,82,86)/t56-,59+,60+,61+,62-,63+,64+,65+,66+,67+/m1/s1. The largest absolute Gasteiger partial charge is 0.394 e. The molecule has 0 bridgehead atoms. The number of aromatic amines is 2. The number of ketones is 1. The molecule has 0 radical (unpaired) electrons. The van der Waals surface area contributed by atoms with E-state index < -0.39 is 152 Å². The first-order chi connectivity index (χ1) is 54.6. The molecule has 2 saturated heterocycles. The number of guanidine groups is 1. The van der Waals surface area contributed by atoms with Crippen LogP contribution in [0.4, 0.5) is 0 Å². The Balaban J connectivity index is 1.13. The van der Waals surface area contributed by atoms with Crippen molar-refractivity contribution in [2.24, 2.45) is 22.2 Å². The third-order valence-corrected chi connectivity index (χ3v) is 19.8. The number of benzene rings is 2. The summed E-state index contributed by atoms with van der Waals surface area (Å²) < 4.78 is 11.1. The Kier molecular flexibility index (Phi) is 42.1. The number of rotatable bonds is 44. The molecule has 0 aliphatic carbocycles. The number of nitrogens with one attached hydrogen (secondary N) is 12. The number of aliphatic hydroxyl groups is 2. The van der Waals surface area contributed by atoms with Crippen molar-refractivity contribution >= 4 is 87.6 Å². The zero-order chi connectivity index (χ0) is 81.7. The van der Waals surface area contributed by atoms with E-state index in [0.29, 0.717) is 49.0 Å². The number of hydrogen-bond acceptors (Lipinski definition) is 19. The summed E-state index contributed by atoms with van der Waals surface area (Å²) in [7, 11) is 0. The number of nitrogens with zero attached hydrogens (tertiary/aromatic N) is 3. The lowest BCUT2D eigenvalue weighted by Crippen LogP contribution is -2.61. The van der Waals surface area contributed by atoms with Crippen LogP contribution in [0.15, 0.2) is 78.3 Å². The summed E-state index contributed by atoms with van der Waals surface area (Å²) in [5.74, 6) is -9.90. The topological polar surface area (TPSA) is 522 Å². The molecule has 2 aliphatic heterocycles. The second-order valence-electron chi connectivity index (χ2n) is 29.1. The van der Waals surface area contributed by atoms with Crippen molar-refractivity contribution < 1.29 is 77.2 Å². The van der Waals surface area contributed by atoms with E-state index in [1.165, 1.54) is 76.7 Å². The van der Waals surface area contributed by atoms with E-state index in [1.807, 2.05) is 25.1 Å².